The first kappa shape index (κ1) is 7.22. The van der Waals surface area contributed by atoms with E-state index < -0.39 is 0 Å². The highest BCUT2D eigenvalue weighted by Gasteiger charge is 2.13. The molecule has 0 N–H and O–H groups in total. The Morgan fingerprint density at radius 1 is 1.25 bits per heavy atom. The van der Waals surface area contributed by atoms with Crippen molar-refractivity contribution in [2.75, 3.05) is 0 Å². The maximum atomic E-state index is 5.45. The summed E-state index contributed by atoms with van der Waals surface area (Å²) >= 11 is 0. The number of hydrazone groups is 1. The van der Waals surface area contributed by atoms with Crippen molar-refractivity contribution < 1.29 is 4.68 Å². The van der Waals surface area contributed by atoms with Gasteiger partial charge in [0.05, 0.1) is 6.42 Å². The van der Waals surface area contributed by atoms with Crippen LogP contribution in [0.15, 0.2) is 35.4 Å². The Morgan fingerprint density at radius 3 is 2.58 bits per heavy atom. The van der Waals surface area contributed by atoms with Gasteiger partial charge in [-0.05, 0) is 5.10 Å². The van der Waals surface area contributed by atoms with Gasteiger partial charge in [0.25, 0.3) is 0 Å². The molecule has 1 aliphatic heterocycles. The van der Waals surface area contributed by atoms with E-state index in [-0.39, 0.29) is 0 Å². The average Bonchev–Trinajstić information content (AvgIpc) is 2.54. The van der Waals surface area contributed by atoms with Gasteiger partial charge >= 0.3 is 7.05 Å². The van der Waals surface area contributed by atoms with Crippen molar-refractivity contribution in [1.29, 1.82) is 0 Å². The molecule has 58 valence electrons. The van der Waals surface area contributed by atoms with Crippen LogP contribution < -0.4 is 0 Å². The molecule has 0 saturated heterocycles. The lowest BCUT2D eigenvalue weighted by molar-refractivity contribution is -0.461. The summed E-state index contributed by atoms with van der Waals surface area (Å²) in [5, 5.41) is 4.13. The summed E-state index contributed by atoms with van der Waals surface area (Å²) < 4.78 is 1.36. The molecule has 0 bridgehead atoms. The van der Waals surface area contributed by atoms with Crippen LogP contribution in [-0.4, -0.2) is 16.6 Å². The first-order valence-corrected chi connectivity index (χ1v) is 3.86. The second-order valence-corrected chi connectivity index (χ2v) is 2.68. The van der Waals surface area contributed by atoms with Gasteiger partial charge in [-0.1, -0.05) is 35.0 Å². The van der Waals surface area contributed by atoms with E-state index in [2.05, 4.69) is 5.10 Å². The standard InChI is InChI=1S/C10H9N2/c1-12-8-7-10(11-12)9-5-3-2-4-6-9/h1-6,8H,7H2/q+1. The highest BCUT2D eigenvalue weighted by Crippen LogP contribution is 2.06. The number of nitrogens with zero attached hydrogens (tertiary/aromatic N) is 2. The fourth-order valence-electron chi connectivity index (χ4n) is 1.21. The van der Waals surface area contributed by atoms with Gasteiger partial charge in [0.1, 0.15) is 5.71 Å². The molecule has 0 atom stereocenters. The number of hydrogen-bond acceptors (Lipinski definition) is 1. The fourth-order valence-corrected chi connectivity index (χ4v) is 1.21. The third-order valence-electron chi connectivity index (χ3n) is 1.81. The van der Waals surface area contributed by atoms with Gasteiger partial charge in [0, 0.05) is 5.56 Å². The minimum atomic E-state index is 0.820. The lowest BCUT2D eigenvalue weighted by Gasteiger charge is -1.93. The second-order valence-electron chi connectivity index (χ2n) is 2.68. The van der Waals surface area contributed by atoms with E-state index in [1.54, 1.807) is 0 Å². The quantitative estimate of drug-likeness (QED) is 0.549. The van der Waals surface area contributed by atoms with Gasteiger partial charge in [0.15, 0.2) is 6.21 Å². The zero-order valence-corrected chi connectivity index (χ0v) is 6.64. The van der Waals surface area contributed by atoms with E-state index in [0.717, 1.165) is 17.7 Å². The van der Waals surface area contributed by atoms with E-state index >= 15 is 0 Å². The van der Waals surface area contributed by atoms with E-state index in [9.17, 15) is 0 Å². The molecule has 12 heavy (non-hydrogen) atoms. The Hall–Kier alpha value is -1.44. The van der Waals surface area contributed by atoms with Gasteiger partial charge in [-0.25, -0.2) is 0 Å². The average molecular weight is 157 g/mol. The van der Waals surface area contributed by atoms with Crippen molar-refractivity contribution >= 4 is 11.9 Å². The van der Waals surface area contributed by atoms with Crippen LogP contribution in [0, 0.1) is 7.05 Å². The summed E-state index contributed by atoms with van der Waals surface area (Å²) in [7, 11) is 5.45. The Balaban J connectivity index is 2.30. The third kappa shape index (κ3) is 1.28. The molecule has 1 heterocycles. The molecule has 0 aromatic heterocycles. The van der Waals surface area contributed by atoms with Crippen LogP contribution in [0.2, 0.25) is 0 Å². The molecule has 2 nitrogen and oxygen atoms in total. The van der Waals surface area contributed by atoms with Crippen LogP contribution in [-0.2, 0) is 0 Å². The SMILES string of the molecule is [CH][N+]1=CCC(c2ccccc2)=N1. The predicted octanol–water partition coefficient (Wildman–Crippen LogP) is 1.55. The lowest BCUT2D eigenvalue weighted by atomic mass is 10.1. The Labute approximate surface area is 71.9 Å². The normalized spacial score (nSPS) is 15.8. The van der Waals surface area contributed by atoms with Crippen molar-refractivity contribution in [3.63, 3.8) is 0 Å². The maximum absolute atomic E-state index is 5.45. The summed E-state index contributed by atoms with van der Waals surface area (Å²) in [6.07, 6.45) is 2.67. The van der Waals surface area contributed by atoms with Crippen molar-refractivity contribution in [3.8, 4) is 0 Å². The van der Waals surface area contributed by atoms with Gasteiger partial charge in [0.2, 0.25) is 0 Å². The van der Waals surface area contributed by atoms with Crippen LogP contribution >= 0.6 is 0 Å². The van der Waals surface area contributed by atoms with Crippen molar-refractivity contribution in [1.82, 2.24) is 0 Å². The topological polar surface area (TPSA) is 15.4 Å². The van der Waals surface area contributed by atoms with Crippen LogP contribution in [0.25, 0.3) is 0 Å². The fraction of sp³-hybridized carbons (Fsp3) is 0.100. The second kappa shape index (κ2) is 2.89. The molecular weight excluding hydrogens is 148 g/mol. The maximum Gasteiger partial charge on any atom is 0.323 e. The van der Waals surface area contributed by atoms with Gasteiger partial charge < -0.3 is 0 Å². The van der Waals surface area contributed by atoms with Crippen molar-refractivity contribution in [3.05, 3.63) is 42.9 Å². The number of benzene rings is 1. The van der Waals surface area contributed by atoms with E-state index in [1.165, 1.54) is 4.68 Å². The summed E-state index contributed by atoms with van der Waals surface area (Å²) in [4.78, 5) is 0. The molecule has 2 heteroatoms. The van der Waals surface area contributed by atoms with Crippen LogP contribution in [0.1, 0.15) is 12.0 Å². The Bertz CT molecular complexity index is 336. The summed E-state index contributed by atoms with van der Waals surface area (Å²) in [6, 6.07) is 10.1. The highest BCUT2D eigenvalue weighted by molar-refractivity contribution is 6.07. The molecule has 0 aliphatic carbocycles. The minimum absolute atomic E-state index is 0.820. The summed E-state index contributed by atoms with van der Waals surface area (Å²) in [6.45, 7) is 0. The first-order valence-electron chi connectivity index (χ1n) is 3.86. The Kier molecular flexibility index (Phi) is 1.74. The van der Waals surface area contributed by atoms with Crippen LogP contribution in [0.5, 0.6) is 0 Å². The first-order chi connectivity index (χ1) is 5.86. The molecular formula is C10H9N2+. The van der Waals surface area contributed by atoms with E-state index in [0.29, 0.717) is 0 Å². The zero-order chi connectivity index (χ0) is 8.39. The van der Waals surface area contributed by atoms with E-state index in [1.807, 2.05) is 36.5 Å². The monoisotopic (exact) mass is 157 g/mol. The highest BCUT2D eigenvalue weighted by atomic mass is 15.4. The molecule has 1 aromatic rings. The van der Waals surface area contributed by atoms with Crippen LogP contribution in [0.3, 0.4) is 0 Å². The smallest absolute Gasteiger partial charge is 0.0768 e. The number of hydrogen-bond donors (Lipinski definition) is 0. The largest absolute Gasteiger partial charge is 0.323 e. The van der Waals surface area contributed by atoms with Crippen molar-refractivity contribution in [2.24, 2.45) is 5.10 Å². The molecule has 0 amide bonds. The summed E-state index contributed by atoms with van der Waals surface area (Å²) in [5.41, 5.74) is 2.17. The molecule has 0 fully saturated rings. The van der Waals surface area contributed by atoms with Crippen molar-refractivity contribution in [2.45, 2.75) is 6.42 Å². The molecule has 0 spiro atoms. The van der Waals surface area contributed by atoms with Crippen LogP contribution in [0.4, 0.5) is 0 Å². The molecule has 1 aliphatic rings. The number of rotatable bonds is 1. The molecule has 0 unspecified atom stereocenters. The van der Waals surface area contributed by atoms with E-state index in [4.69, 9.17) is 7.05 Å². The molecule has 1 aromatic carbocycles. The Morgan fingerprint density at radius 2 is 2.00 bits per heavy atom. The zero-order valence-electron chi connectivity index (χ0n) is 6.64. The molecule has 2 rings (SSSR count). The van der Waals surface area contributed by atoms with Gasteiger partial charge in [-0.3, -0.25) is 0 Å². The van der Waals surface area contributed by atoms with Gasteiger partial charge in [-0.15, -0.1) is 0 Å². The summed E-state index contributed by atoms with van der Waals surface area (Å²) in [5.74, 6) is 0. The predicted molar refractivity (Wildman–Crippen MR) is 48.2 cm³/mol. The van der Waals surface area contributed by atoms with Gasteiger partial charge in [-0.2, -0.15) is 0 Å². The molecule has 0 saturated carbocycles. The third-order valence-corrected chi connectivity index (χ3v) is 1.81. The molecule has 2 radical (unpaired) electrons. The lowest BCUT2D eigenvalue weighted by Crippen LogP contribution is -1.96. The minimum Gasteiger partial charge on any atom is -0.0768 e.